The molecule has 0 spiro atoms. The molecule has 40 heavy (non-hydrogen) atoms. The Kier molecular flexibility index (Phi) is 12.1. The molecule has 218 valence electrons. The monoisotopic (exact) mass is 589 g/mol. The number of amides is 1. The summed E-state index contributed by atoms with van der Waals surface area (Å²) in [7, 11) is -3.94. The van der Waals surface area contributed by atoms with Gasteiger partial charge in [-0.2, -0.15) is 4.31 Å². The zero-order valence-electron chi connectivity index (χ0n) is 23.3. The number of sulfonamides is 1. The van der Waals surface area contributed by atoms with Crippen LogP contribution >= 0.6 is 11.3 Å². The van der Waals surface area contributed by atoms with Crippen molar-refractivity contribution in [3.05, 3.63) is 59.6 Å². The van der Waals surface area contributed by atoms with Gasteiger partial charge in [-0.25, -0.2) is 18.2 Å². The van der Waals surface area contributed by atoms with Gasteiger partial charge < -0.3 is 20.0 Å². The summed E-state index contributed by atoms with van der Waals surface area (Å²) >= 11 is 1.36. The number of ether oxygens (including phenoxy) is 1. The molecule has 2 N–H and O–H groups in total. The third-order valence-electron chi connectivity index (χ3n) is 6.62. The summed E-state index contributed by atoms with van der Waals surface area (Å²) in [6.07, 6.45) is 0.903. The number of ketones is 1. The highest BCUT2D eigenvalue weighted by Crippen LogP contribution is 2.25. The molecule has 1 heterocycles. The van der Waals surface area contributed by atoms with Crippen molar-refractivity contribution in [3.63, 3.8) is 0 Å². The second-order valence-electron chi connectivity index (χ2n) is 10.0. The first-order valence-corrected chi connectivity index (χ1v) is 15.9. The fourth-order valence-electron chi connectivity index (χ4n) is 4.31. The Hall–Kier alpha value is -2.86. The molecule has 3 atom stereocenters. The van der Waals surface area contributed by atoms with Crippen molar-refractivity contribution in [1.29, 1.82) is 0 Å². The fraction of sp³-hybridized carbons (Fsp3) is 0.483. The summed E-state index contributed by atoms with van der Waals surface area (Å²) in [4.78, 5) is 28.4. The SMILES string of the molecule is CCCCCN(C[C@@H](O)[C@H](Cc1ccccc1)NC(=O)O[C@H](C)CCC(C)=O)S(=O)(=O)c1ccc2ncsc2c1. The van der Waals surface area contributed by atoms with Crippen LogP contribution in [0.5, 0.6) is 0 Å². The number of hydrogen-bond acceptors (Lipinski definition) is 8. The minimum absolute atomic E-state index is 0.00657. The first kappa shape index (κ1) is 31.7. The number of alkyl carbamates (subject to hydrolysis) is 1. The molecule has 1 aromatic heterocycles. The molecule has 0 fully saturated rings. The second-order valence-corrected chi connectivity index (χ2v) is 12.8. The van der Waals surface area contributed by atoms with E-state index in [4.69, 9.17) is 4.74 Å². The maximum atomic E-state index is 13.8. The van der Waals surface area contributed by atoms with E-state index in [1.54, 1.807) is 24.6 Å². The number of nitrogens with one attached hydrogen (secondary N) is 1. The van der Waals surface area contributed by atoms with E-state index in [1.165, 1.54) is 28.6 Å². The van der Waals surface area contributed by atoms with Crippen LogP contribution in [-0.4, -0.2) is 66.0 Å². The lowest BCUT2D eigenvalue weighted by atomic mass is 10.0. The third-order valence-corrected chi connectivity index (χ3v) is 9.27. The molecule has 0 radical (unpaired) electrons. The van der Waals surface area contributed by atoms with E-state index in [2.05, 4.69) is 10.3 Å². The van der Waals surface area contributed by atoms with Crippen molar-refractivity contribution in [3.8, 4) is 0 Å². The lowest BCUT2D eigenvalue weighted by Crippen LogP contribution is -2.51. The van der Waals surface area contributed by atoms with E-state index in [1.807, 2.05) is 37.3 Å². The Morgan fingerprint density at radius 2 is 1.90 bits per heavy atom. The number of benzene rings is 2. The van der Waals surface area contributed by atoms with Crippen LogP contribution in [0.15, 0.2) is 58.9 Å². The van der Waals surface area contributed by atoms with Gasteiger partial charge in [0.15, 0.2) is 0 Å². The number of nitrogens with zero attached hydrogens (tertiary/aromatic N) is 2. The van der Waals surface area contributed by atoms with E-state index in [0.717, 1.165) is 28.6 Å². The van der Waals surface area contributed by atoms with Crippen LogP contribution in [0.3, 0.4) is 0 Å². The van der Waals surface area contributed by atoms with E-state index < -0.39 is 34.4 Å². The highest BCUT2D eigenvalue weighted by molar-refractivity contribution is 7.89. The van der Waals surface area contributed by atoms with Crippen molar-refractivity contribution >= 4 is 43.5 Å². The summed E-state index contributed by atoms with van der Waals surface area (Å²) in [6, 6.07) is 13.4. The number of aliphatic hydroxyl groups is 1. The number of aliphatic hydroxyl groups excluding tert-OH is 1. The van der Waals surface area contributed by atoms with Crippen LogP contribution in [0.4, 0.5) is 4.79 Å². The van der Waals surface area contributed by atoms with E-state index in [9.17, 15) is 23.1 Å². The predicted octanol–water partition coefficient (Wildman–Crippen LogP) is 4.93. The first-order valence-electron chi connectivity index (χ1n) is 13.6. The number of rotatable bonds is 16. The molecule has 0 unspecified atom stereocenters. The molecular formula is C29H39N3O6S2. The molecule has 9 nitrogen and oxygen atoms in total. The smallest absolute Gasteiger partial charge is 0.407 e. The van der Waals surface area contributed by atoms with E-state index in [-0.39, 0.29) is 30.2 Å². The summed E-state index contributed by atoms with van der Waals surface area (Å²) in [5.74, 6) is 0.00657. The molecule has 0 saturated carbocycles. The molecule has 3 aromatic rings. The van der Waals surface area contributed by atoms with Gasteiger partial charge in [-0.05, 0) is 56.9 Å². The highest BCUT2D eigenvalue weighted by atomic mass is 32.2. The van der Waals surface area contributed by atoms with Gasteiger partial charge in [0.2, 0.25) is 10.0 Å². The predicted molar refractivity (Wildman–Crippen MR) is 157 cm³/mol. The number of aromatic nitrogens is 1. The third kappa shape index (κ3) is 9.36. The maximum absolute atomic E-state index is 13.8. The van der Waals surface area contributed by atoms with Crippen LogP contribution in [0.1, 0.15) is 58.4 Å². The Bertz CT molecular complexity index is 1350. The summed E-state index contributed by atoms with van der Waals surface area (Å²) in [5.41, 5.74) is 3.27. The number of carbonyl (C=O) groups is 2. The van der Waals surface area contributed by atoms with Crippen molar-refractivity contribution in [2.75, 3.05) is 13.1 Å². The normalized spacial score (nSPS) is 14.1. The van der Waals surface area contributed by atoms with Crippen LogP contribution < -0.4 is 5.32 Å². The molecule has 0 saturated heterocycles. The average molecular weight is 590 g/mol. The number of Topliss-reactive ketones (excluding diaryl/α,β-unsaturated/α-hetero) is 1. The zero-order valence-corrected chi connectivity index (χ0v) is 24.9. The minimum atomic E-state index is -3.94. The Morgan fingerprint density at radius 1 is 1.15 bits per heavy atom. The minimum Gasteiger partial charge on any atom is -0.447 e. The second kappa shape index (κ2) is 15.2. The van der Waals surface area contributed by atoms with E-state index in [0.29, 0.717) is 19.3 Å². The standard InChI is InChI=1S/C29H39N3O6S2/c1-4-5-9-16-32(40(36,37)24-14-15-25-28(18-24)39-20-30-25)19-27(34)26(17-23-10-7-6-8-11-23)31-29(35)38-22(3)13-12-21(2)33/h6-8,10-11,14-15,18,20,22,26-27,34H,4-5,9,12-13,16-17,19H2,1-3H3,(H,31,35)/t22-,26+,27-/m1/s1. The van der Waals surface area contributed by atoms with Gasteiger partial charge in [-0.15, -0.1) is 11.3 Å². The Labute approximate surface area is 240 Å². The van der Waals surface area contributed by atoms with Crippen molar-refractivity contribution in [1.82, 2.24) is 14.6 Å². The number of unbranched alkanes of at least 4 members (excludes halogenated alkanes) is 2. The van der Waals surface area contributed by atoms with Gasteiger partial charge in [-0.1, -0.05) is 50.1 Å². The van der Waals surface area contributed by atoms with Crippen LogP contribution in [0.2, 0.25) is 0 Å². The number of fused-ring (bicyclic) bond motifs is 1. The largest absolute Gasteiger partial charge is 0.447 e. The number of thiazole rings is 1. The molecule has 0 bridgehead atoms. The average Bonchev–Trinajstić information content (AvgIpc) is 3.39. The van der Waals surface area contributed by atoms with E-state index >= 15 is 0 Å². The molecule has 0 aliphatic heterocycles. The molecular weight excluding hydrogens is 550 g/mol. The van der Waals surface area contributed by atoms with Crippen molar-refractivity contribution in [2.45, 2.75) is 82.4 Å². The van der Waals surface area contributed by atoms with Gasteiger partial charge in [0, 0.05) is 19.5 Å². The van der Waals surface area contributed by atoms with Crippen molar-refractivity contribution in [2.24, 2.45) is 0 Å². The molecule has 0 aliphatic rings. The summed E-state index contributed by atoms with van der Waals surface area (Å²) in [5, 5.41) is 14.1. The fourth-order valence-corrected chi connectivity index (χ4v) is 6.63. The molecule has 0 aliphatic carbocycles. The quantitative estimate of drug-likeness (QED) is 0.227. The molecule has 1 amide bonds. The van der Waals surface area contributed by atoms with Crippen LogP contribution in [0, 0.1) is 0 Å². The van der Waals surface area contributed by atoms with Gasteiger partial charge in [0.25, 0.3) is 0 Å². The Morgan fingerprint density at radius 3 is 2.60 bits per heavy atom. The summed E-state index contributed by atoms with van der Waals surface area (Å²) < 4.78 is 35.0. The molecule has 3 rings (SSSR count). The first-order chi connectivity index (χ1) is 19.1. The zero-order chi connectivity index (χ0) is 29.1. The van der Waals surface area contributed by atoms with Gasteiger partial charge >= 0.3 is 6.09 Å². The highest BCUT2D eigenvalue weighted by Gasteiger charge is 2.31. The lowest BCUT2D eigenvalue weighted by molar-refractivity contribution is -0.117. The van der Waals surface area contributed by atoms with Gasteiger partial charge in [0.1, 0.15) is 11.9 Å². The van der Waals surface area contributed by atoms with Crippen LogP contribution in [-0.2, 0) is 26.0 Å². The maximum Gasteiger partial charge on any atom is 0.407 e. The van der Waals surface area contributed by atoms with Gasteiger partial charge in [-0.3, -0.25) is 0 Å². The van der Waals surface area contributed by atoms with Gasteiger partial charge in [0.05, 0.1) is 32.8 Å². The van der Waals surface area contributed by atoms with Crippen molar-refractivity contribution < 1.29 is 27.9 Å². The Balaban J connectivity index is 1.81. The number of carbonyl (C=O) groups excluding carboxylic acids is 2. The summed E-state index contributed by atoms with van der Waals surface area (Å²) in [6.45, 7) is 5.25. The molecule has 11 heteroatoms. The topological polar surface area (TPSA) is 126 Å². The lowest BCUT2D eigenvalue weighted by Gasteiger charge is -2.30. The number of hydrogen-bond donors (Lipinski definition) is 2. The van der Waals surface area contributed by atoms with Crippen LogP contribution in [0.25, 0.3) is 10.2 Å². The molecule has 2 aromatic carbocycles.